The lowest BCUT2D eigenvalue weighted by molar-refractivity contribution is -0.123. The molecule has 2 amide bonds. The van der Waals surface area contributed by atoms with Crippen LogP contribution in [0.4, 0.5) is 5.82 Å². The lowest BCUT2D eigenvalue weighted by atomic mass is 10.0. The highest BCUT2D eigenvalue weighted by atomic mass is 32.2. The smallest absolute Gasteiger partial charge is 0.240 e. The van der Waals surface area contributed by atoms with Gasteiger partial charge in [-0.15, -0.1) is 23.1 Å². The Kier molecular flexibility index (Phi) is 8.49. The van der Waals surface area contributed by atoms with Gasteiger partial charge in [0.15, 0.2) is 0 Å². The zero-order valence-electron chi connectivity index (χ0n) is 24.8. The van der Waals surface area contributed by atoms with Gasteiger partial charge in [-0.1, -0.05) is 24.3 Å². The van der Waals surface area contributed by atoms with E-state index in [0.717, 1.165) is 27.3 Å². The first kappa shape index (κ1) is 29.6. The Morgan fingerprint density at radius 1 is 1.05 bits per heavy atom. The Morgan fingerprint density at radius 2 is 1.82 bits per heavy atom. The second-order valence-corrected chi connectivity index (χ2v) is 12.4. The summed E-state index contributed by atoms with van der Waals surface area (Å²) in [7, 11) is 3.23. The van der Waals surface area contributed by atoms with E-state index < -0.39 is 0 Å². The van der Waals surface area contributed by atoms with Crippen LogP contribution < -0.4 is 19.7 Å². The molecule has 44 heavy (non-hydrogen) atoms. The fourth-order valence-electron chi connectivity index (χ4n) is 5.38. The number of furan rings is 1. The number of thioether (sulfide) groups is 1. The molecule has 0 radical (unpaired) electrons. The normalized spacial score (nSPS) is 14.7. The van der Waals surface area contributed by atoms with Gasteiger partial charge in [-0.05, 0) is 66.8 Å². The third-order valence-corrected chi connectivity index (χ3v) is 10.0. The summed E-state index contributed by atoms with van der Waals surface area (Å²) < 4.78 is 18.9. The maximum absolute atomic E-state index is 14.0. The van der Waals surface area contributed by atoms with Gasteiger partial charge in [-0.3, -0.25) is 14.5 Å². The number of hydrogen-bond donors (Lipinski definition) is 1. The number of anilines is 1. The summed E-state index contributed by atoms with van der Waals surface area (Å²) in [5.74, 6) is 2.03. The molecule has 1 atom stereocenters. The number of fused-ring (bicyclic) bond motifs is 1. The van der Waals surface area contributed by atoms with Crippen molar-refractivity contribution in [1.29, 1.82) is 0 Å². The van der Waals surface area contributed by atoms with Crippen LogP contribution in [0.2, 0.25) is 0 Å². The monoisotopic (exact) mass is 628 g/mol. The van der Waals surface area contributed by atoms with E-state index in [1.807, 2.05) is 66.4 Å². The standard InChI is InChI=1S/C33H32N4O5S2/c1-20-9-5-11-23(21(20)2)37-33-30(31(35-37)29-24(40-3)12-6-13-25(29)41-4)32(26-14-8-16-43-26)44-19-28(39)36(33)18-27(38)34-17-22-10-7-15-42-22/h5-16,32H,17-19H2,1-4H3,(H,34,38)/t32-/m1/s1. The van der Waals surface area contributed by atoms with Crippen LogP contribution in [0.5, 0.6) is 11.5 Å². The van der Waals surface area contributed by atoms with Gasteiger partial charge in [0.05, 0.1) is 49.3 Å². The average molecular weight is 629 g/mol. The molecule has 5 aromatic rings. The topological polar surface area (TPSA) is 98.8 Å². The van der Waals surface area contributed by atoms with Gasteiger partial charge < -0.3 is 19.2 Å². The first-order valence-electron chi connectivity index (χ1n) is 14.1. The van der Waals surface area contributed by atoms with Crippen LogP contribution in [0, 0.1) is 13.8 Å². The SMILES string of the molecule is COc1cccc(OC)c1-c1nn(-c2cccc(C)c2C)c2c1[C@@H](c1cccs1)SCC(=O)N2CC(=O)NCc1ccco1. The second kappa shape index (κ2) is 12.6. The molecule has 6 rings (SSSR count). The number of nitrogens with zero attached hydrogens (tertiary/aromatic N) is 3. The van der Waals surface area contributed by atoms with E-state index in [9.17, 15) is 9.59 Å². The van der Waals surface area contributed by atoms with Crippen LogP contribution in [-0.4, -0.2) is 48.1 Å². The number of amides is 2. The summed E-state index contributed by atoms with van der Waals surface area (Å²) in [5.41, 5.74) is 5.01. The second-order valence-electron chi connectivity index (χ2n) is 10.3. The van der Waals surface area contributed by atoms with Gasteiger partial charge >= 0.3 is 0 Å². The van der Waals surface area contributed by atoms with Crippen molar-refractivity contribution in [3.63, 3.8) is 0 Å². The summed E-state index contributed by atoms with van der Waals surface area (Å²) in [6.45, 7) is 4.10. The maximum atomic E-state index is 14.0. The predicted molar refractivity (Wildman–Crippen MR) is 173 cm³/mol. The molecule has 0 fully saturated rings. The number of nitrogens with one attached hydrogen (secondary N) is 1. The Morgan fingerprint density at radius 3 is 2.50 bits per heavy atom. The largest absolute Gasteiger partial charge is 0.496 e. The highest BCUT2D eigenvalue weighted by molar-refractivity contribution is 8.00. The summed E-state index contributed by atoms with van der Waals surface area (Å²) in [5, 5.41) is 9.92. The average Bonchev–Trinajstić information content (AvgIpc) is 3.81. The van der Waals surface area contributed by atoms with Crippen LogP contribution in [0.1, 0.15) is 32.6 Å². The lowest BCUT2D eigenvalue weighted by Crippen LogP contribution is -2.42. The molecule has 0 saturated carbocycles. The number of ether oxygens (including phenoxy) is 2. The van der Waals surface area contributed by atoms with Crippen molar-refractivity contribution < 1.29 is 23.5 Å². The number of benzene rings is 2. The number of rotatable bonds is 9. The van der Waals surface area contributed by atoms with Gasteiger partial charge in [-0.2, -0.15) is 5.10 Å². The maximum Gasteiger partial charge on any atom is 0.240 e. The Hall–Kier alpha value is -4.48. The van der Waals surface area contributed by atoms with E-state index in [1.54, 1.807) is 48.9 Å². The molecule has 0 saturated heterocycles. The van der Waals surface area contributed by atoms with E-state index in [0.29, 0.717) is 34.3 Å². The van der Waals surface area contributed by atoms with Gasteiger partial charge in [-0.25, -0.2) is 4.68 Å². The van der Waals surface area contributed by atoms with Crippen molar-refractivity contribution in [3.05, 3.63) is 99.6 Å². The number of aryl methyl sites for hydroxylation is 1. The summed E-state index contributed by atoms with van der Waals surface area (Å²) in [6.07, 6.45) is 1.56. The van der Waals surface area contributed by atoms with E-state index in [2.05, 4.69) is 11.4 Å². The number of thiophene rings is 1. The first-order chi connectivity index (χ1) is 21.4. The van der Waals surface area contributed by atoms with Crippen molar-refractivity contribution in [3.8, 4) is 28.4 Å². The molecule has 1 aliphatic heterocycles. The first-order valence-corrected chi connectivity index (χ1v) is 16.0. The molecule has 1 aliphatic rings. The minimum absolute atomic E-state index is 0.179. The molecule has 1 N–H and O–H groups in total. The molecule has 0 spiro atoms. The van der Waals surface area contributed by atoms with Gasteiger partial charge in [0, 0.05) is 10.4 Å². The molecule has 4 heterocycles. The number of carbonyl (C=O) groups is 2. The van der Waals surface area contributed by atoms with E-state index in [4.69, 9.17) is 19.0 Å². The van der Waals surface area contributed by atoms with E-state index in [1.165, 1.54) is 11.8 Å². The quantitative estimate of drug-likeness (QED) is 0.204. The van der Waals surface area contributed by atoms with Crippen molar-refractivity contribution in [2.24, 2.45) is 0 Å². The Labute approximate surface area is 263 Å². The number of carbonyl (C=O) groups excluding carboxylic acids is 2. The van der Waals surface area contributed by atoms with Crippen molar-refractivity contribution in [2.75, 3.05) is 31.4 Å². The molecule has 226 valence electrons. The fraction of sp³-hybridized carbons (Fsp3) is 0.242. The fourth-order valence-corrected chi connectivity index (χ4v) is 7.56. The van der Waals surface area contributed by atoms with E-state index >= 15 is 0 Å². The highest BCUT2D eigenvalue weighted by Gasteiger charge is 2.39. The van der Waals surface area contributed by atoms with Crippen molar-refractivity contribution in [1.82, 2.24) is 15.1 Å². The molecule has 11 heteroatoms. The minimum Gasteiger partial charge on any atom is -0.496 e. The predicted octanol–water partition coefficient (Wildman–Crippen LogP) is 6.31. The molecular formula is C33H32N4O5S2. The van der Waals surface area contributed by atoms with Crippen LogP contribution in [-0.2, 0) is 16.1 Å². The zero-order valence-corrected chi connectivity index (χ0v) is 26.5. The molecule has 0 bridgehead atoms. The van der Waals surface area contributed by atoms with Crippen LogP contribution in [0.15, 0.2) is 76.7 Å². The number of aromatic nitrogens is 2. The molecule has 9 nitrogen and oxygen atoms in total. The van der Waals surface area contributed by atoms with Crippen LogP contribution >= 0.6 is 23.1 Å². The van der Waals surface area contributed by atoms with Crippen molar-refractivity contribution in [2.45, 2.75) is 25.6 Å². The Bertz CT molecular complexity index is 1770. The summed E-state index contributed by atoms with van der Waals surface area (Å²) >= 11 is 3.14. The highest BCUT2D eigenvalue weighted by Crippen LogP contribution is 2.52. The molecule has 3 aromatic heterocycles. The van der Waals surface area contributed by atoms with Crippen molar-refractivity contribution >= 4 is 40.7 Å². The molecular weight excluding hydrogens is 597 g/mol. The Balaban J connectivity index is 1.61. The van der Waals surface area contributed by atoms with Crippen LogP contribution in [0.3, 0.4) is 0 Å². The number of methoxy groups -OCH3 is 2. The third-order valence-electron chi connectivity index (χ3n) is 7.70. The molecule has 0 unspecified atom stereocenters. The van der Waals surface area contributed by atoms with Gasteiger partial charge in [0.1, 0.15) is 35.3 Å². The molecule has 2 aromatic carbocycles. The van der Waals surface area contributed by atoms with Crippen LogP contribution in [0.25, 0.3) is 16.9 Å². The lowest BCUT2D eigenvalue weighted by Gasteiger charge is -2.24. The summed E-state index contributed by atoms with van der Waals surface area (Å²) in [6, 6.07) is 19.2. The van der Waals surface area contributed by atoms with Gasteiger partial charge in [0.2, 0.25) is 11.8 Å². The van der Waals surface area contributed by atoms with Gasteiger partial charge in [0.25, 0.3) is 0 Å². The number of hydrogen-bond acceptors (Lipinski definition) is 8. The summed E-state index contributed by atoms with van der Waals surface area (Å²) in [4.78, 5) is 30.1. The third kappa shape index (κ3) is 5.48. The zero-order chi connectivity index (χ0) is 30.8. The minimum atomic E-state index is -0.314. The van der Waals surface area contributed by atoms with E-state index in [-0.39, 0.29) is 35.9 Å². The molecule has 0 aliphatic carbocycles.